The minimum Gasteiger partial charge on any atom is -0.495 e. The molecule has 0 radical (unpaired) electrons. The van der Waals surface area contributed by atoms with Crippen LogP contribution in [-0.4, -0.2) is 26.1 Å². The highest BCUT2D eigenvalue weighted by molar-refractivity contribution is 6.30. The number of carbonyl (C=O) groups is 1. The van der Waals surface area contributed by atoms with Crippen LogP contribution in [0.15, 0.2) is 48.5 Å². The molecule has 0 unspecified atom stereocenters. The van der Waals surface area contributed by atoms with Crippen LogP contribution in [0.2, 0.25) is 5.02 Å². The van der Waals surface area contributed by atoms with Crippen LogP contribution in [0.3, 0.4) is 0 Å². The van der Waals surface area contributed by atoms with Gasteiger partial charge >= 0.3 is 0 Å². The number of hydrogen-bond acceptors (Lipinski definition) is 3. The van der Waals surface area contributed by atoms with E-state index in [-0.39, 0.29) is 5.91 Å². The molecule has 122 valence electrons. The van der Waals surface area contributed by atoms with E-state index in [1.54, 1.807) is 25.3 Å². The maximum absolute atomic E-state index is 11.8. The first-order valence-electron chi connectivity index (χ1n) is 7.57. The standard InChI is InChI=1S/C18H21ClN2O2/c1-23-17-8-7-15(19)13-16(17)20-12-10-18(22)21-11-9-14-5-3-2-4-6-14/h2-8,13,20H,9-12H2,1H3,(H,21,22). The third kappa shape index (κ3) is 5.83. The van der Waals surface area contributed by atoms with E-state index in [0.29, 0.717) is 30.3 Å². The molecule has 0 atom stereocenters. The first-order valence-corrected chi connectivity index (χ1v) is 7.95. The van der Waals surface area contributed by atoms with Gasteiger partial charge in [-0.25, -0.2) is 0 Å². The molecule has 0 saturated heterocycles. The minimum atomic E-state index is 0.0226. The fourth-order valence-electron chi connectivity index (χ4n) is 2.21. The number of anilines is 1. The molecule has 2 aromatic rings. The molecule has 5 heteroatoms. The van der Waals surface area contributed by atoms with Gasteiger partial charge in [-0.05, 0) is 30.2 Å². The topological polar surface area (TPSA) is 50.4 Å². The van der Waals surface area contributed by atoms with Crippen LogP contribution in [0.5, 0.6) is 5.75 Å². The fraction of sp³-hybridized carbons (Fsp3) is 0.278. The first kappa shape index (κ1) is 17.2. The van der Waals surface area contributed by atoms with Crippen molar-refractivity contribution in [3.8, 4) is 5.75 Å². The Bertz CT molecular complexity index is 632. The monoisotopic (exact) mass is 332 g/mol. The average Bonchev–Trinajstić information content (AvgIpc) is 2.56. The number of benzene rings is 2. The molecular formula is C18H21ClN2O2. The Morgan fingerprint density at radius 2 is 1.91 bits per heavy atom. The summed E-state index contributed by atoms with van der Waals surface area (Å²) < 4.78 is 5.25. The normalized spacial score (nSPS) is 10.2. The van der Waals surface area contributed by atoms with Crippen molar-refractivity contribution >= 4 is 23.2 Å². The van der Waals surface area contributed by atoms with Crippen molar-refractivity contribution in [2.45, 2.75) is 12.8 Å². The van der Waals surface area contributed by atoms with Crippen LogP contribution < -0.4 is 15.4 Å². The zero-order valence-electron chi connectivity index (χ0n) is 13.1. The van der Waals surface area contributed by atoms with Crippen LogP contribution in [0, 0.1) is 0 Å². The third-order valence-corrected chi connectivity index (χ3v) is 3.64. The molecule has 0 aliphatic carbocycles. The summed E-state index contributed by atoms with van der Waals surface area (Å²) in [5, 5.41) is 6.72. The molecule has 0 fully saturated rings. The van der Waals surface area contributed by atoms with Gasteiger partial charge < -0.3 is 15.4 Å². The molecule has 0 aliphatic rings. The van der Waals surface area contributed by atoms with Gasteiger partial charge in [-0.15, -0.1) is 0 Å². The molecule has 0 bridgehead atoms. The summed E-state index contributed by atoms with van der Waals surface area (Å²) in [5.74, 6) is 0.730. The number of methoxy groups -OCH3 is 1. The Balaban J connectivity index is 1.70. The predicted molar refractivity (Wildman–Crippen MR) is 94.3 cm³/mol. The van der Waals surface area contributed by atoms with Gasteiger partial charge in [0, 0.05) is 24.5 Å². The van der Waals surface area contributed by atoms with Crippen molar-refractivity contribution in [1.29, 1.82) is 0 Å². The lowest BCUT2D eigenvalue weighted by Gasteiger charge is -2.11. The molecule has 0 heterocycles. The van der Waals surface area contributed by atoms with E-state index in [1.807, 2.05) is 18.2 Å². The molecular weight excluding hydrogens is 312 g/mol. The Morgan fingerprint density at radius 3 is 2.65 bits per heavy atom. The molecule has 2 rings (SSSR count). The summed E-state index contributed by atoms with van der Waals surface area (Å²) in [7, 11) is 1.60. The predicted octanol–water partition coefficient (Wildman–Crippen LogP) is 3.51. The summed E-state index contributed by atoms with van der Waals surface area (Å²) >= 11 is 5.97. The van der Waals surface area contributed by atoms with Crippen LogP contribution in [0.4, 0.5) is 5.69 Å². The van der Waals surface area contributed by atoms with E-state index in [4.69, 9.17) is 16.3 Å². The quantitative estimate of drug-likeness (QED) is 0.777. The Hall–Kier alpha value is -2.20. The van der Waals surface area contributed by atoms with Crippen molar-refractivity contribution in [3.63, 3.8) is 0 Å². The Kier molecular flexibility index (Phi) is 6.76. The molecule has 4 nitrogen and oxygen atoms in total. The number of carbonyl (C=O) groups excluding carboxylic acids is 1. The van der Waals surface area contributed by atoms with Crippen LogP contribution >= 0.6 is 11.6 Å². The van der Waals surface area contributed by atoms with Crippen molar-refractivity contribution in [2.75, 3.05) is 25.5 Å². The van der Waals surface area contributed by atoms with Crippen LogP contribution in [-0.2, 0) is 11.2 Å². The lowest BCUT2D eigenvalue weighted by molar-refractivity contribution is -0.120. The van der Waals surface area contributed by atoms with Gasteiger partial charge in [0.15, 0.2) is 0 Å². The number of ether oxygens (including phenoxy) is 1. The average molecular weight is 333 g/mol. The second-order valence-corrected chi connectivity index (χ2v) is 5.54. The van der Waals surface area contributed by atoms with E-state index in [0.717, 1.165) is 12.1 Å². The molecule has 0 aromatic heterocycles. The highest BCUT2D eigenvalue weighted by atomic mass is 35.5. The van der Waals surface area contributed by atoms with Crippen LogP contribution in [0.25, 0.3) is 0 Å². The fourth-order valence-corrected chi connectivity index (χ4v) is 2.38. The van der Waals surface area contributed by atoms with E-state index < -0.39 is 0 Å². The van der Waals surface area contributed by atoms with Gasteiger partial charge in [-0.1, -0.05) is 41.9 Å². The summed E-state index contributed by atoms with van der Waals surface area (Å²) in [6, 6.07) is 15.4. The molecule has 2 N–H and O–H groups in total. The summed E-state index contributed by atoms with van der Waals surface area (Å²) in [6.07, 6.45) is 1.23. The van der Waals surface area contributed by atoms with Gasteiger partial charge in [0.1, 0.15) is 5.75 Å². The van der Waals surface area contributed by atoms with Gasteiger partial charge in [0.05, 0.1) is 12.8 Å². The molecule has 23 heavy (non-hydrogen) atoms. The maximum atomic E-state index is 11.8. The smallest absolute Gasteiger partial charge is 0.221 e. The van der Waals surface area contributed by atoms with E-state index >= 15 is 0 Å². The van der Waals surface area contributed by atoms with Gasteiger partial charge in [0.2, 0.25) is 5.91 Å². The second-order valence-electron chi connectivity index (χ2n) is 5.11. The minimum absolute atomic E-state index is 0.0226. The number of nitrogens with one attached hydrogen (secondary N) is 2. The number of amides is 1. The lowest BCUT2D eigenvalue weighted by Crippen LogP contribution is -2.27. The van der Waals surface area contributed by atoms with E-state index in [2.05, 4.69) is 22.8 Å². The first-order chi connectivity index (χ1) is 11.2. The summed E-state index contributed by atoms with van der Waals surface area (Å²) in [6.45, 7) is 1.16. The van der Waals surface area contributed by atoms with Gasteiger partial charge in [-0.3, -0.25) is 4.79 Å². The maximum Gasteiger partial charge on any atom is 0.221 e. The number of halogens is 1. The van der Waals surface area contributed by atoms with Crippen molar-refractivity contribution in [2.24, 2.45) is 0 Å². The third-order valence-electron chi connectivity index (χ3n) is 3.41. The SMILES string of the molecule is COc1ccc(Cl)cc1NCCC(=O)NCCc1ccccc1. The summed E-state index contributed by atoms with van der Waals surface area (Å²) in [4.78, 5) is 11.8. The Morgan fingerprint density at radius 1 is 1.13 bits per heavy atom. The molecule has 1 amide bonds. The number of rotatable bonds is 8. The lowest BCUT2D eigenvalue weighted by atomic mass is 10.1. The zero-order chi connectivity index (χ0) is 16.5. The number of hydrogen-bond donors (Lipinski definition) is 2. The summed E-state index contributed by atoms with van der Waals surface area (Å²) in [5.41, 5.74) is 2.01. The van der Waals surface area contributed by atoms with E-state index in [1.165, 1.54) is 5.56 Å². The largest absolute Gasteiger partial charge is 0.495 e. The highest BCUT2D eigenvalue weighted by Crippen LogP contribution is 2.27. The zero-order valence-corrected chi connectivity index (χ0v) is 13.9. The molecule has 2 aromatic carbocycles. The second kappa shape index (κ2) is 9.06. The molecule has 0 aliphatic heterocycles. The molecule has 0 saturated carbocycles. The molecule has 0 spiro atoms. The van der Waals surface area contributed by atoms with Gasteiger partial charge in [-0.2, -0.15) is 0 Å². The van der Waals surface area contributed by atoms with Crippen molar-refractivity contribution < 1.29 is 9.53 Å². The van der Waals surface area contributed by atoms with E-state index in [9.17, 15) is 4.79 Å². The van der Waals surface area contributed by atoms with Crippen molar-refractivity contribution in [3.05, 3.63) is 59.1 Å². The van der Waals surface area contributed by atoms with Crippen molar-refractivity contribution in [1.82, 2.24) is 5.32 Å². The van der Waals surface area contributed by atoms with Gasteiger partial charge in [0.25, 0.3) is 0 Å². The Labute approximate surface area is 141 Å². The van der Waals surface area contributed by atoms with Crippen LogP contribution in [0.1, 0.15) is 12.0 Å². The highest BCUT2D eigenvalue weighted by Gasteiger charge is 2.05.